The lowest BCUT2D eigenvalue weighted by atomic mass is 9.91. The number of hydrogen-bond donors (Lipinski definition) is 1. The van der Waals surface area contributed by atoms with E-state index < -0.39 is 0 Å². The number of aromatic nitrogens is 3. The predicted molar refractivity (Wildman–Crippen MR) is 76.3 cm³/mol. The van der Waals surface area contributed by atoms with Crippen LogP contribution in [-0.4, -0.2) is 21.2 Å². The molecule has 0 unspecified atom stereocenters. The first kappa shape index (κ1) is 13.0. The van der Waals surface area contributed by atoms with Crippen molar-refractivity contribution in [2.24, 2.45) is 0 Å². The molecule has 1 heterocycles. The van der Waals surface area contributed by atoms with Gasteiger partial charge in [0.25, 0.3) is 0 Å². The highest BCUT2D eigenvalue weighted by molar-refractivity contribution is 7.98. The highest BCUT2D eigenvalue weighted by Gasteiger charge is 2.25. The van der Waals surface area contributed by atoms with Crippen molar-refractivity contribution in [2.75, 3.05) is 12.0 Å². The van der Waals surface area contributed by atoms with E-state index in [4.69, 9.17) is 5.73 Å². The van der Waals surface area contributed by atoms with Crippen LogP contribution in [0.3, 0.4) is 0 Å². The second-order valence-electron chi connectivity index (χ2n) is 5.16. The van der Waals surface area contributed by atoms with Crippen LogP contribution in [0.5, 0.6) is 0 Å². The van der Waals surface area contributed by atoms with Gasteiger partial charge in [-0.05, 0) is 18.4 Å². The molecule has 0 fully saturated rings. The van der Waals surface area contributed by atoms with E-state index in [1.165, 1.54) is 0 Å². The van der Waals surface area contributed by atoms with E-state index in [-0.39, 0.29) is 5.41 Å². The maximum absolute atomic E-state index is 5.96. The average Bonchev–Trinajstić information content (AvgIpc) is 2.70. The van der Waals surface area contributed by atoms with Gasteiger partial charge in [-0.15, -0.1) is 16.9 Å². The molecule has 0 atom stereocenters. The number of thioether (sulfide) groups is 1. The molecule has 2 rings (SSSR count). The third-order valence-electron chi connectivity index (χ3n) is 2.72. The lowest BCUT2D eigenvalue weighted by Gasteiger charge is -2.20. The summed E-state index contributed by atoms with van der Waals surface area (Å²) in [6.07, 6.45) is 2.05. The van der Waals surface area contributed by atoms with Crippen LogP contribution in [0.4, 0.5) is 5.82 Å². The molecular formula is C13H18N4S. The first-order valence-corrected chi connectivity index (χ1v) is 7.02. The van der Waals surface area contributed by atoms with Crippen molar-refractivity contribution in [3.8, 4) is 5.69 Å². The Morgan fingerprint density at radius 2 is 1.89 bits per heavy atom. The van der Waals surface area contributed by atoms with E-state index in [0.717, 1.165) is 16.3 Å². The number of rotatable bonds is 2. The summed E-state index contributed by atoms with van der Waals surface area (Å²) in [6.45, 7) is 6.33. The fraction of sp³-hybridized carbons (Fsp3) is 0.385. The molecule has 1 aromatic carbocycles. The van der Waals surface area contributed by atoms with Crippen LogP contribution < -0.4 is 5.73 Å². The van der Waals surface area contributed by atoms with Gasteiger partial charge in [0.05, 0.1) is 11.4 Å². The quantitative estimate of drug-likeness (QED) is 0.845. The summed E-state index contributed by atoms with van der Waals surface area (Å²) in [4.78, 5) is 1.16. The largest absolute Gasteiger partial charge is 0.381 e. The van der Waals surface area contributed by atoms with Crippen LogP contribution in [0.1, 0.15) is 26.5 Å². The van der Waals surface area contributed by atoms with Gasteiger partial charge in [0.15, 0.2) is 5.82 Å². The van der Waals surface area contributed by atoms with Gasteiger partial charge >= 0.3 is 0 Å². The molecule has 0 amide bonds. The van der Waals surface area contributed by atoms with Gasteiger partial charge in [-0.3, -0.25) is 0 Å². The van der Waals surface area contributed by atoms with Crippen molar-refractivity contribution in [1.29, 1.82) is 0 Å². The Bertz CT molecular complexity index is 554. The zero-order valence-corrected chi connectivity index (χ0v) is 12.0. The smallest absolute Gasteiger partial charge is 0.170 e. The number of nitrogen functional groups attached to an aromatic ring is 1. The second-order valence-corrected chi connectivity index (χ2v) is 6.01. The van der Waals surface area contributed by atoms with Crippen molar-refractivity contribution in [3.63, 3.8) is 0 Å². The van der Waals surface area contributed by atoms with E-state index in [9.17, 15) is 0 Å². The zero-order chi connectivity index (χ0) is 13.3. The minimum atomic E-state index is -0.0981. The number of hydrogen-bond acceptors (Lipinski definition) is 4. The van der Waals surface area contributed by atoms with Crippen LogP contribution in [-0.2, 0) is 5.41 Å². The highest BCUT2D eigenvalue weighted by atomic mass is 32.2. The number of para-hydroxylation sites is 1. The maximum Gasteiger partial charge on any atom is 0.170 e. The van der Waals surface area contributed by atoms with E-state index in [0.29, 0.717) is 5.82 Å². The molecule has 0 aliphatic rings. The lowest BCUT2D eigenvalue weighted by molar-refractivity contribution is 0.542. The third kappa shape index (κ3) is 2.22. The predicted octanol–water partition coefficient (Wildman–Crippen LogP) is 2.87. The summed E-state index contributed by atoms with van der Waals surface area (Å²) in [5.74, 6) is 0.499. The first-order chi connectivity index (χ1) is 8.45. The van der Waals surface area contributed by atoms with Crippen LogP contribution in [0.2, 0.25) is 0 Å². The Hall–Kier alpha value is -1.49. The third-order valence-corrected chi connectivity index (χ3v) is 3.51. The minimum absolute atomic E-state index is 0.0981. The SMILES string of the molecule is CSc1ccccc1-n1nnc(N)c1C(C)(C)C. The van der Waals surface area contributed by atoms with Crippen LogP contribution in [0, 0.1) is 0 Å². The van der Waals surface area contributed by atoms with Crippen LogP contribution in [0.15, 0.2) is 29.2 Å². The topological polar surface area (TPSA) is 56.7 Å². The van der Waals surface area contributed by atoms with E-state index in [2.05, 4.69) is 43.4 Å². The molecule has 4 nitrogen and oxygen atoms in total. The Morgan fingerprint density at radius 3 is 2.50 bits per heavy atom. The number of nitrogens with two attached hydrogens (primary N) is 1. The first-order valence-electron chi connectivity index (χ1n) is 5.80. The van der Waals surface area contributed by atoms with Gasteiger partial charge in [0.2, 0.25) is 0 Å². The Morgan fingerprint density at radius 1 is 1.22 bits per heavy atom. The molecule has 2 aromatic rings. The van der Waals surface area contributed by atoms with Crippen LogP contribution >= 0.6 is 11.8 Å². The molecule has 18 heavy (non-hydrogen) atoms. The average molecular weight is 262 g/mol. The minimum Gasteiger partial charge on any atom is -0.381 e. The molecule has 2 N–H and O–H groups in total. The normalized spacial score (nSPS) is 11.8. The number of anilines is 1. The lowest BCUT2D eigenvalue weighted by Crippen LogP contribution is -2.19. The molecule has 96 valence electrons. The van der Waals surface area contributed by atoms with E-state index in [1.807, 2.05) is 22.9 Å². The maximum atomic E-state index is 5.96. The fourth-order valence-corrected chi connectivity index (χ4v) is 2.55. The summed E-state index contributed by atoms with van der Waals surface area (Å²) < 4.78 is 1.85. The van der Waals surface area contributed by atoms with Crippen molar-refractivity contribution in [2.45, 2.75) is 31.1 Å². The van der Waals surface area contributed by atoms with Crippen molar-refractivity contribution in [3.05, 3.63) is 30.0 Å². The van der Waals surface area contributed by atoms with E-state index >= 15 is 0 Å². The summed E-state index contributed by atoms with van der Waals surface area (Å²) >= 11 is 1.69. The van der Waals surface area contributed by atoms with Crippen molar-refractivity contribution in [1.82, 2.24) is 15.0 Å². The van der Waals surface area contributed by atoms with Crippen molar-refractivity contribution >= 4 is 17.6 Å². The molecular weight excluding hydrogens is 244 g/mol. The monoisotopic (exact) mass is 262 g/mol. The highest BCUT2D eigenvalue weighted by Crippen LogP contribution is 2.31. The fourth-order valence-electron chi connectivity index (χ4n) is 1.97. The van der Waals surface area contributed by atoms with Gasteiger partial charge in [-0.25, -0.2) is 4.68 Å². The standard InChI is InChI=1S/C13H18N4S/c1-13(2,3)11-12(14)15-16-17(11)9-7-5-6-8-10(9)18-4/h5-8H,14H2,1-4H3. The molecule has 5 heteroatoms. The summed E-state index contributed by atoms with van der Waals surface area (Å²) in [6, 6.07) is 8.13. The summed E-state index contributed by atoms with van der Waals surface area (Å²) in [5, 5.41) is 8.21. The second kappa shape index (κ2) is 4.65. The number of benzene rings is 1. The van der Waals surface area contributed by atoms with Crippen LogP contribution in [0.25, 0.3) is 5.69 Å². The molecule has 0 radical (unpaired) electrons. The Balaban J connectivity index is 2.65. The molecule has 0 aliphatic carbocycles. The zero-order valence-electron chi connectivity index (χ0n) is 11.1. The Kier molecular flexibility index (Phi) is 3.34. The summed E-state index contributed by atoms with van der Waals surface area (Å²) in [5.41, 5.74) is 7.83. The molecule has 0 saturated heterocycles. The molecule has 0 saturated carbocycles. The summed E-state index contributed by atoms with van der Waals surface area (Å²) in [7, 11) is 0. The van der Waals surface area contributed by atoms with Gasteiger partial charge in [-0.2, -0.15) is 0 Å². The molecule has 0 aliphatic heterocycles. The van der Waals surface area contributed by atoms with Gasteiger partial charge in [-0.1, -0.05) is 38.1 Å². The molecule has 0 bridgehead atoms. The van der Waals surface area contributed by atoms with Gasteiger partial charge in [0, 0.05) is 10.3 Å². The van der Waals surface area contributed by atoms with Gasteiger partial charge < -0.3 is 5.73 Å². The molecule has 0 spiro atoms. The van der Waals surface area contributed by atoms with E-state index in [1.54, 1.807) is 11.8 Å². The molecule has 1 aromatic heterocycles. The Labute approximate surface area is 112 Å². The number of nitrogens with zero attached hydrogens (tertiary/aromatic N) is 3. The van der Waals surface area contributed by atoms with Gasteiger partial charge in [0.1, 0.15) is 0 Å². The van der Waals surface area contributed by atoms with Crippen molar-refractivity contribution < 1.29 is 0 Å².